The zero-order chi connectivity index (χ0) is 27.3. The molecule has 0 aromatic heterocycles. The van der Waals surface area contributed by atoms with Crippen molar-refractivity contribution in [1.82, 2.24) is 14.5 Å². The maximum atomic E-state index is 13.4. The maximum absolute atomic E-state index is 13.4. The maximum Gasteiger partial charge on any atom is 0.269 e. The lowest BCUT2D eigenvalue weighted by atomic mass is 10.1. The highest BCUT2D eigenvalue weighted by Gasteiger charge is 2.40. The summed E-state index contributed by atoms with van der Waals surface area (Å²) < 4.78 is 26.4. The number of carbonyl (C=O) groups is 3. The highest BCUT2D eigenvalue weighted by atomic mass is 35.5. The number of fused-ring (bicyclic) bond motifs is 1. The van der Waals surface area contributed by atoms with Gasteiger partial charge in [0.25, 0.3) is 15.9 Å². The molecule has 8 nitrogen and oxygen atoms in total. The van der Waals surface area contributed by atoms with Gasteiger partial charge in [0.1, 0.15) is 10.9 Å². The van der Waals surface area contributed by atoms with Crippen molar-refractivity contribution < 1.29 is 22.8 Å². The Kier molecular flexibility index (Phi) is 9.61. The number of nitrogens with zero attached hydrogens (tertiary/aromatic N) is 2. The summed E-state index contributed by atoms with van der Waals surface area (Å²) in [6.45, 7) is 5.65. The van der Waals surface area contributed by atoms with Crippen LogP contribution in [0.5, 0.6) is 0 Å². The molecule has 1 N–H and O–H groups in total. The predicted molar refractivity (Wildman–Crippen MR) is 143 cm³/mol. The number of halogens is 2. The van der Waals surface area contributed by atoms with Crippen LogP contribution in [0.3, 0.4) is 0 Å². The second-order valence-electron chi connectivity index (χ2n) is 8.99. The van der Waals surface area contributed by atoms with Crippen LogP contribution in [0.25, 0.3) is 0 Å². The monoisotopic (exact) mass is 567 g/mol. The lowest BCUT2D eigenvalue weighted by Crippen LogP contribution is -2.50. The summed E-state index contributed by atoms with van der Waals surface area (Å²) in [6.07, 6.45) is 1.18. The highest BCUT2D eigenvalue weighted by molar-refractivity contribution is 7.90. The molecule has 0 aliphatic carbocycles. The van der Waals surface area contributed by atoms with E-state index in [1.165, 1.54) is 17.0 Å². The lowest BCUT2D eigenvalue weighted by molar-refractivity contribution is -0.141. The van der Waals surface area contributed by atoms with Gasteiger partial charge in [0, 0.05) is 25.6 Å². The van der Waals surface area contributed by atoms with Crippen molar-refractivity contribution in [1.29, 1.82) is 0 Å². The molecule has 0 spiro atoms. The van der Waals surface area contributed by atoms with E-state index in [9.17, 15) is 22.8 Å². The first-order valence-electron chi connectivity index (χ1n) is 12.2. The van der Waals surface area contributed by atoms with Crippen molar-refractivity contribution >= 4 is 50.9 Å². The number of hydrogen-bond donors (Lipinski definition) is 1. The Morgan fingerprint density at radius 1 is 1.05 bits per heavy atom. The molecule has 1 heterocycles. The molecule has 0 radical (unpaired) electrons. The summed E-state index contributed by atoms with van der Waals surface area (Å²) >= 11 is 12.2. The van der Waals surface area contributed by atoms with E-state index >= 15 is 0 Å². The van der Waals surface area contributed by atoms with Gasteiger partial charge in [-0.1, -0.05) is 55.2 Å². The van der Waals surface area contributed by atoms with Gasteiger partial charge in [-0.3, -0.25) is 14.4 Å². The molecule has 2 aromatic rings. The van der Waals surface area contributed by atoms with E-state index in [0.29, 0.717) is 22.0 Å². The van der Waals surface area contributed by atoms with Gasteiger partial charge in [-0.05, 0) is 56.0 Å². The summed E-state index contributed by atoms with van der Waals surface area (Å²) in [7, 11) is -3.95. The fraction of sp³-hybridized carbons (Fsp3) is 0.423. The molecule has 0 saturated carbocycles. The van der Waals surface area contributed by atoms with E-state index in [-0.39, 0.29) is 54.2 Å². The van der Waals surface area contributed by atoms with Crippen LogP contribution in [0, 0.1) is 0 Å². The largest absolute Gasteiger partial charge is 0.352 e. The molecule has 3 amide bonds. The van der Waals surface area contributed by atoms with Crippen LogP contribution < -0.4 is 5.32 Å². The minimum atomic E-state index is -3.95. The van der Waals surface area contributed by atoms with Gasteiger partial charge in [0.2, 0.25) is 11.8 Å². The SMILES string of the molecule is CC[C@H](C)NC(=O)[C@H](CC)N(Cc1ccc(Cl)c(Cl)c1)C(=O)CCCN1C(=O)c2ccccc2S1(=O)=O. The third-order valence-electron chi connectivity index (χ3n) is 6.39. The Morgan fingerprint density at radius 3 is 2.38 bits per heavy atom. The Labute approximate surface area is 228 Å². The summed E-state index contributed by atoms with van der Waals surface area (Å²) in [5, 5.41) is 3.65. The highest BCUT2D eigenvalue weighted by Crippen LogP contribution is 2.30. The van der Waals surface area contributed by atoms with Crippen LogP contribution in [0.4, 0.5) is 0 Å². The molecule has 3 rings (SSSR count). The van der Waals surface area contributed by atoms with Crippen molar-refractivity contribution in [2.75, 3.05) is 6.54 Å². The molecular weight excluding hydrogens is 537 g/mol. The topological polar surface area (TPSA) is 104 Å². The summed E-state index contributed by atoms with van der Waals surface area (Å²) in [6, 6.07) is 10.3. The van der Waals surface area contributed by atoms with Crippen LogP contribution in [0.15, 0.2) is 47.4 Å². The first kappa shape index (κ1) is 28.9. The summed E-state index contributed by atoms with van der Waals surface area (Å²) in [5.74, 6) is -1.20. The Bertz CT molecular complexity index is 1280. The van der Waals surface area contributed by atoms with E-state index in [2.05, 4.69) is 5.32 Å². The van der Waals surface area contributed by atoms with Gasteiger partial charge in [-0.25, -0.2) is 12.7 Å². The minimum Gasteiger partial charge on any atom is -0.352 e. The van der Waals surface area contributed by atoms with Crippen LogP contribution in [-0.2, 0) is 26.2 Å². The molecular formula is C26H31Cl2N3O5S. The molecule has 0 saturated heterocycles. The second-order valence-corrected chi connectivity index (χ2v) is 11.6. The number of nitrogens with one attached hydrogen (secondary N) is 1. The van der Waals surface area contributed by atoms with E-state index in [1.54, 1.807) is 30.3 Å². The molecule has 0 unspecified atom stereocenters. The van der Waals surface area contributed by atoms with E-state index in [1.807, 2.05) is 20.8 Å². The number of benzene rings is 2. The summed E-state index contributed by atoms with van der Waals surface area (Å²) in [4.78, 5) is 40.6. The van der Waals surface area contributed by atoms with Crippen molar-refractivity contribution in [3.8, 4) is 0 Å². The molecule has 1 aliphatic rings. The van der Waals surface area contributed by atoms with Crippen LogP contribution >= 0.6 is 23.2 Å². The van der Waals surface area contributed by atoms with Gasteiger partial charge < -0.3 is 10.2 Å². The quantitative estimate of drug-likeness (QED) is 0.426. The molecule has 11 heteroatoms. The standard InChI is InChI=1S/C26H31Cl2N3O5S/c1-4-17(3)29-25(33)22(5-2)30(16-18-12-13-20(27)21(28)15-18)24(32)11-8-14-31-26(34)19-9-6-7-10-23(19)37(31,35)36/h6-7,9-10,12-13,15,17,22H,4-5,8,11,14,16H2,1-3H3,(H,29,33)/t17-,22-/m0/s1. The van der Waals surface area contributed by atoms with E-state index in [0.717, 1.165) is 10.7 Å². The van der Waals surface area contributed by atoms with Gasteiger partial charge in [-0.2, -0.15) is 0 Å². The van der Waals surface area contributed by atoms with Crippen LogP contribution in [0.1, 0.15) is 62.4 Å². The lowest BCUT2D eigenvalue weighted by Gasteiger charge is -2.31. The van der Waals surface area contributed by atoms with Crippen molar-refractivity contribution in [2.24, 2.45) is 0 Å². The number of carbonyl (C=O) groups excluding carboxylic acids is 3. The van der Waals surface area contributed by atoms with Gasteiger partial charge >= 0.3 is 0 Å². The Morgan fingerprint density at radius 2 is 1.76 bits per heavy atom. The average molecular weight is 569 g/mol. The number of hydrogen-bond acceptors (Lipinski definition) is 5. The first-order valence-corrected chi connectivity index (χ1v) is 14.4. The molecule has 0 bridgehead atoms. The van der Waals surface area contributed by atoms with E-state index in [4.69, 9.17) is 23.2 Å². The smallest absolute Gasteiger partial charge is 0.269 e. The fourth-order valence-electron chi connectivity index (χ4n) is 4.16. The third kappa shape index (κ3) is 6.45. The zero-order valence-corrected chi connectivity index (χ0v) is 23.4. The fourth-order valence-corrected chi connectivity index (χ4v) is 6.09. The molecule has 2 atom stereocenters. The van der Waals surface area contributed by atoms with Crippen LogP contribution in [0.2, 0.25) is 10.0 Å². The van der Waals surface area contributed by atoms with Gasteiger partial charge in [0.05, 0.1) is 15.6 Å². The minimum absolute atomic E-state index is 0.0275. The Balaban J connectivity index is 1.77. The molecule has 0 fully saturated rings. The third-order valence-corrected chi connectivity index (χ3v) is 8.97. The second kappa shape index (κ2) is 12.3. The average Bonchev–Trinajstić information content (AvgIpc) is 3.06. The van der Waals surface area contributed by atoms with Crippen LogP contribution in [-0.4, -0.2) is 54.0 Å². The zero-order valence-electron chi connectivity index (χ0n) is 21.0. The molecule has 200 valence electrons. The number of rotatable bonds is 11. The normalized spacial score (nSPS) is 15.7. The van der Waals surface area contributed by atoms with Gasteiger partial charge in [-0.15, -0.1) is 0 Å². The number of sulfonamides is 1. The van der Waals surface area contributed by atoms with Gasteiger partial charge in [0.15, 0.2) is 0 Å². The summed E-state index contributed by atoms with van der Waals surface area (Å²) in [5.41, 5.74) is 0.827. The van der Waals surface area contributed by atoms with Crippen molar-refractivity contribution in [3.63, 3.8) is 0 Å². The van der Waals surface area contributed by atoms with Crippen molar-refractivity contribution in [3.05, 3.63) is 63.6 Å². The van der Waals surface area contributed by atoms with E-state index < -0.39 is 22.0 Å². The molecule has 37 heavy (non-hydrogen) atoms. The van der Waals surface area contributed by atoms with Crippen molar-refractivity contribution in [2.45, 2.75) is 70.0 Å². The number of amides is 3. The Hall–Kier alpha value is -2.62. The first-order chi connectivity index (χ1) is 17.5. The molecule has 1 aliphatic heterocycles. The predicted octanol–water partition coefficient (Wildman–Crippen LogP) is 4.64. The molecule has 2 aromatic carbocycles.